The summed E-state index contributed by atoms with van der Waals surface area (Å²) in [5.74, 6) is 0.615. The van der Waals surface area contributed by atoms with Crippen molar-refractivity contribution in [3.63, 3.8) is 0 Å². The molecule has 8 nitrogen and oxygen atoms in total. The first-order valence-electron chi connectivity index (χ1n) is 7.31. The topological polar surface area (TPSA) is 104 Å². The van der Waals surface area contributed by atoms with Crippen molar-refractivity contribution >= 4 is 22.4 Å². The summed E-state index contributed by atoms with van der Waals surface area (Å²) < 4.78 is 1.35. The summed E-state index contributed by atoms with van der Waals surface area (Å²) in [4.78, 5) is 3.25. The lowest BCUT2D eigenvalue weighted by atomic mass is 10.1. The van der Waals surface area contributed by atoms with Crippen molar-refractivity contribution in [3.05, 3.63) is 48.2 Å². The molecule has 0 saturated heterocycles. The van der Waals surface area contributed by atoms with E-state index in [1.807, 2.05) is 24.4 Å². The second-order valence-electron chi connectivity index (χ2n) is 5.33. The van der Waals surface area contributed by atoms with E-state index in [9.17, 15) is 5.11 Å². The molecule has 1 aromatic carbocycles. The highest BCUT2D eigenvalue weighted by Crippen LogP contribution is 2.20. The van der Waals surface area contributed by atoms with Crippen molar-refractivity contribution in [2.45, 2.75) is 12.5 Å². The predicted octanol–water partition coefficient (Wildman–Crippen LogP) is 1.02. The smallest absolute Gasteiger partial charge is 0.200 e. The third-order valence-corrected chi connectivity index (χ3v) is 3.78. The van der Waals surface area contributed by atoms with Gasteiger partial charge >= 0.3 is 0 Å². The van der Waals surface area contributed by atoms with E-state index in [1.165, 1.54) is 4.63 Å². The molecule has 0 saturated carbocycles. The number of aliphatic hydroxyl groups excluding tert-OH is 1. The lowest BCUT2D eigenvalue weighted by molar-refractivity contribution is 0.273. The molecule has 3 heterocycles. The van der Waals surface area contributed by atoms with Crippen LogP contribution < -0.4 is 5.32 Å². The fraction of sp³-hybridized carbons (Fsp3) is 0.200. The number of H-pyrrole nitrogens is 1. The van der Waals surface area contributed by atoms with E-state index in [2.05, 4.69) is 37.0 Å². The van der Waals surface area contributed by atoms with Gasteiger partial charge in [0.05, 0.1) is 12.6 Å². The van der Waals surface area contributed by atoms with E-state index >= 15 is 0 Å². The molecule has 0 spiro atoms. The van der Waals surface area contributed by atoms with Gasteiger partial charge in [0.2, 0.25) is 0 Å². The van der Waals surface area contributed by atoms with Crippen LogP contribution in [0.5, 0.6) is 0 Å². The summed E-state index contributed by atoms with van der Waals surface area (Å²) in [6.45, 7) is -0.00513. The van der Waals surface area contributed by atoms with Gasteiger partial charge in [0.1, 0.15) is 5.82 Å². The minimum Gasteiger partial charge on any atom is -0.394 e. The maximum Gasteiger partial charge on any atom is 0.200 e. The number of aromatic nitrogens is 6. The van der Waals surface area contributed by atoms with Crippen LogP contribution in [0.3, 0.4) is 0 Å². The van der Waals surface area contributed by atoms with Gasteiger partial charge in [-0.25, -0.2) is 0 Å². The Bertz CT molecular complexity index is 945. The molecule has 0 fully saturated rings. The van der Waals surface area contributed by atoms with Crippen molar-refractivity contribution in [1.82, 2.24) is 30.2 Å². The Morgan fingerprint density at radius 3 is 3.04 bits per heavy atom. The number of nitrogens with one attached hydrogen (secondary N) is 2. The van der Waals surface area contributed by atoms with E-state index in [-0.39, 0.29) is 12.6 Å². The number of rotatable bonds is 5. The number of hydrogen-bond donors (Lipinski definition) is 3. The van der Waals surface area contributed by atoms with Crippen LogP contribution >= 0.6 is 0 Å². The molecular weight excluding hydrogens is 294 g/mol. The SMILES string of the molecule is OC[C@@H](Cc1c[nH]c2ccccc12)Nc1ccc2nnnn2n1. The highest BCUT2D eigenvalue weighted by Gasteiger charge is 2.13. The number of aliphatic hydroxyl groups is 1. The van der Waals surface area contributed by atoms with Crippen molar-refractivity contribution in [2.75, 3.05) is 11.9 Å². The number of para-hydroxylation sites is 1. The first-order valence-corrected chi connectivity index (χ1v) is 7.31. The minimum atomic E-state index is -0.157. The third-order valence-electron chi connectivity index (χ3n) is 3.78. The molecule has 0 radical (unpaired) electrons. The summed E-state index contributed by atoms with van der Waals surface area (Å²) >= 11 is 0. The third kappa shape index (κ3) is 2.59. The Hall–Kier alpha value is -3.00. The predicted molar refractivity (Wildman–Crippen MR) is 85.1 cm³/mol. The van der Waals surface area contributed by atoms with E-state index in [4.69, 9.17) is 0 Å². The zero-order valence-electron chi connectivity index (χ0n) is 12.2. The zero-order chi connectivity index (χ0) is 15.6. The van der Waals surface area contributed by atoms with Gasteiger partial charge in [0.25, 0.3) is 0 Å². The molecule has 0 aliphatic rings. The van der Waals surface area contributed by atoms with Crippen LogP contribution in [0.2, 0.25) is 0 Å². The summed E-state index contributed by atoms with van der Waals surface area (Å²) in [5.41, 5.74) is 2.82. The first-order chi connectivity index (χ1) is 11.3. The number of benzene rings is 1. The van der Waals surface area contributed by atoms with Crippen LogP contribution in [0.25, 0.3) is 16.6 Å². The fourth-order valence-corrected chi connectivity index (χ4v) is 2.66. The molecule has 0 aliphatic heterocycles. The summed E-state index contributed by atoms with van der Waals surface area (Å²) in [7, 11) is 0. The molecule has 23 heavy (non-hydrogen) atoms. The average Bonchev–Trinajstić information content (AvgIpc) is 3.21. The molecular formula is C15H15N7O. The molecule has 4 rings (SSSR count). The number of nitrogens with zero attached hydrogens (tertiary/aromatic N) is 5. The number of anilines is 1. The highest BCUT2D eigenvalue weighted by molar-refractivity contribution is 5.83. The molecule has 4 aromatic rings. The van der Waals surface area contributed by atoms with Gasteiger partial charge in [-0.3, -0.25) is 0 Å². The Labute approximate surface area is 131 Å². The van der Waals surface area contributed by atoms with Crippen LogP contribution in [0.1, 0.15) is 5.56 Å². The minimum absolute atomic E-state index is 0.00513. The van der Waals surface area contributed by atoms with Crippen LogP contribution in [-0.4, -0.2) is 48.0 Å². The number of tetrazole rings is 1. The maximum absolute atomic E-state index is 9.68. The van der Waals surface area contributed by atoms with Crippen LogP contribution in [0.4, 0.5) is 5.82 Å². The van der Waals surface area contributed by atoms with E-state index < -0.39 is 0 Å². The van der Waals surface area contributed by atoms with Gasteiger partial charge in [0, 0.05) is 17.1 Å². The summed E-state index contributed by atoms with van der Waals surface area (Å²) in [5, 5.41) is 29.5. The molecule has 0 aliphatic carbocycles. The van der Waals surface area contributed by atoms with Gasteiger partial charge in [-0.15, -0.1) is 14.8 Å². The van der Waals surface area contributed by atoms with Gasteiger partial charge in [-0.1, -0.05) is 18.2 Å². The lowest BCUT2D eigenvalue weighted by Gasteiger charge is -2.16. The van der Waals surface area contributed by atoms with Crippen LogP contribution in [0, 0.1) is 0 Å². The molecule has 3 N–H and O–H groups in total. The van der Waals surface area contributed by atoms with E-state index in [1.54, 1.807) is 12.1 Å². The summed E-state index contributed by atoms with van der Waals surface area (Å²) in [6, 6.07) is 11.5. The molecule has 0 amide bonds. The Kier molecular flexibility index (Phi) is 3.35. The molecule has 116 valence electrons. The second-order valence-corrected chi connectivity index (χ2v) is 5.33. The van der Waals surface area contributed by atoms with Crippen molar-refractivity contribution in [1.29, 1.82) is 0 Å². The Morgan fingerprint density at radius 2 is 2.13 bits per heavy atom. The quantitative estimate of drug-likeness (QED) is 0.508. The van der Waals surface area contributed by atoms with Crippen LogP contribution in [-0.2, 0) is 6.42 Å². The monoisotopic (exact) mass is 309 g/mol. The van der Waals surface area contributed by atoms with E-state index in [0.717, 1.165) is 16.5 Å². The van der Waals surface area contributed by atoms with Crippen molar-refractivity contribution < 1.29 is 5.11 Å². The Balaban J connectivity index is 1.56. The Morgan fingerprint density at radius 1 is 1.22 bits per heavy atom. The molecule has 8 heteroatoms. The van der Waals surface area contributed by atoms with Gasteiger partial charge in [-0.05, 0) is 40.6 Å². The first kappa shape index (κ1) is 13.6. The largest absolute Gasteiger partial charge is 0.394 e. The zero-order valence-corrected chi connectivity index (χ0v) is 12.2. The average molecular weight is 309 g/mol. The van der Waals surface area contributed by atoms with Gasteiger partial charge in [0.15, 0.2) is 5.65 Å². The standard InChI is InChI=1S/C15H15N7O/c23-9-11(7-10-8-16-13-4-2-1-3-12(10)13)17-14-5-6-15-18-20-21-22(15)19-14/h1-6,8,11,16,23H,7,9H2,(H,17,19)/t11-/m1/s1. The number of hydrogen-bond acceptors (Lipinski definition) is 6. The maximum atomic E-state index is 9.68. The molecule has 3 aromatic heterocycles. The molecule has 1 atom stereocenters. The van der Waals surface area contributed by atoms with Crippen molar-refractivity contribution in [3.8, 4) is 0 Å². The normalized spacial score (nSPS) is 12.7. The second kappa shape index (κ2) is 5.65. The summed E-state index contributed by atoms with van der Waals surface area (Å²) in [6.07, 6.45) is 2.66. The molecule has 0 bridgehead atoms. The number of fused-ring (bicyclic) bond motifs is 2. The number of aromatic amines is 1. The lowest BCUT2D eigenvalue weighted by Crippen LogP contribution is -2.27. The van der Waals surface area contributed by atoms with Crippen molar-refractivity contribution in [2.24, 2.45) is 0 Å². The highest BCUT2D eigenvalue weighted by atomic mass is 16.3. The van der Waals surface area contributed by atoms with Gasteiger partial charge < -0.3 is 15.4 Å². The van der Waals surface area contributed by atoms with Gasteiger partial charge in [-0.2, -0.15) is 0 Å². The van der Waals surface area contributed by atoms with E-state index in [0.29, 0.717) is 17.9 Å². The van der Waals surface area contributed by atoms with Crippen LogP contribution in [0.15, 0.2) is 42.6 Å². The molecule has 0 unspecified atom stereocenters. The fourth-order valence-electron chi connectivity index (χ4n) is 2.66.